The molecule has 0 fully saturated rings. The summed E-state index contributed by atoms with van der Waals surface area (Å²) in [4.78, 5) is 14.2. The average Bonchev–Trinajstić information content (AvgIpc) is 2.49. The number of benzene rings is 1. The zero-order valence-corrected chi connectivity index (χ0v) is 12.6. The molecule has 0 aliphatic rings. The number of para-hydroxylation sites is 1. The van der Waals surface area contributed by atoms with Crippen LogP contribution in [0.25, 0.3) is 0 Å². The van der Waals surface area contributed by atoms with Crippen LogP contribution >= 0.6 is 0 Å². The first-order chi connectivity index (χ1) is 10.2. The molecule has 0 aliphatic carbocycles. The highest BCUT2D eigenvalue weighted by Crippen LogP contribution is 2.12. The molecule has 2 N–H and O–H groups in total. The van der Waals surface area contributed by atoms with Gasteiger partial charge < -0.3 is 10.6 Å². The number of nitrogens with zero attached hydrogens (tertiary/aromatic N) is 3. The average molecular weight is 286 g/mol. The van der Waals surface area contributed by atoms with Gasteiger partial charge in [-0.1, -0.05) is 18.2 Å². The summed E-state index contributed by atoms with van der Waals surface area (Å²) in [7, 11) is 0. The van der Waals surface area contributed by atoms with Gasteiger partial charge in [0, 0.05) is 31.4 Å². The Morgan fingerprint density at radius 2 is 1.95 bits per heavy atom. The van der Waals surface area contributed by atoms with Gasteiger partial charge in [0.15, 0.2) is 0 Å². The summed E-state index contributed by atoms with van der Waals surface area (Å²) in [6, 6.07) is 9.35. The molecule has 0 radical (unpaired) electrons. The first-order valence-corrected chi connectivity index (χ1v) is 7.31. The summed E-state index contributed by atoms with van der Waals surface area (Å²) >= 11 is 0. The maximum atomic E-state index is 12.1. The lowest BCUT2D eigenvalue weighted by Gasteiger charge is -2.20. The highest BCUT2D eigenvalue weighted by atomic mass is 16.1. The van der Waals surface area contributed by atoms with Crippen LogP contribution in [0.4, 0.5) is 11.4 Å². The minimum absolute atomic E-state index is 0.0751. The van der Waals surface area contributed by atoms with Crippen molar-refractivity contribution in [3.8, 4) is 0 Å². The number of hydrogen-bond acceptors (Lipinski definition) is 4. The summed E-state index contributed by atoms with van der Waals surface area (Å²) in [6.45, 7) is 6.39. The summed E-state index contributed by atoms with van der Waals surface area (Å²) in [5.41, 5.74) is 8.50. The minimum Gasteiger partial charge on any atom is -0.399 e. The van der Waals surface area contributed by atoms with E-state index in [1.807, 2.05) is 24.3 Å². The molecule has 0 amide bonds. The lowest BCUT2D eigenvalue weighted by atomic mass is 10.1. The quantitative estimate of drug-likeness (QED) is 0.824. The number of aryl methyl sites for hydroxylation is 2. The zero-order valence-electron chi connectivity index (χ0n) is 12.6. The van der Waals surface area contributed by atoms with Crippen LogP contribution in [-0.2, 0) is 13.0 Å². The van der Waals surface area contributed by atoms with E-state index in [1.54, 1.807) is 12.3 Å². The van der Waals surface area contributed by atoms with E-state index < -0.39 is 0 Å². The molecular weight excluding hydrogens is 264 g/mol. The second kappa shape index (κ2) is 6.92. The van der Waals surface area contributed by atoms with Crippen LogP contribution in [0.2, 0.25) is 0 Å². The lowest BCUT2D eigenvalue weighted by molar-refractivity contribution is 0.577. The van der Waals surface area contributed by atoms with Crippen LogP contribution in [0.1, 0.15) is 19.4 Å². The van der Waals surface area contributed by atoms with E-state index in [0.717, 1.165) is 30.0 Å². The molecular formula is C16H22N4O. The number of hydrogen-bond donors (Lipinski definition) is 1. The van der Waals surface area contributed by atoms with Crippen molar-refractivity contribution in [2.45, 2.75) is 26.8 Å². The van der Waals surface area contributed by atoms with Gasteiger partial charge in [0.2, 0.25) is 0 Å². The van der Waals surface area contributed by atoms with Crippen LogP contribution in [0.5, 0.6) is 0 Å². The Morgan fingerprint density at radius 3 is 2.57 bits per heavy atom. The molecule has 1 aromatic carbocycles. The molecule has 2 aromatic rings. The van der Waals surface area contributed by atoms with Crippen molar-refractivity contribution >= 4 is 11.4 Å². The first-order valence-electron chi connectivity index (χ1n) is 7.31. The fraction of sp³-hybridized carbons (Fsp3) is 0.375. The SMILES string of the molecule is CCN(CC)c1cnn(CCc2ccccc2N)c(=O)c1. The Kier molecular flexibility index (Phi) is 4.98. The van der Waals surface area contributed by atoms with Crippen molar-refractivity contribution in [1.29, 1.82) is 0 Å². The molecule has 1 heterocycles. The molecule has 0 saturated heterocycles. The zero-order chi connectivity index (χ0) is 15.2. The number of aromatic nitrogens is 2. The van der Waals surface area contributed by atoms with Crippen molar-refractivity contribution in [2.24, 2.45) is 0 Å². The van der Waals surface area contributed by atoms with Crippen LogP contribution in [-0.4, -0.2) is 22.9 Å². The van der Waals surface area contributed by atoms with Crippen molar-refractivity contribution in [2.75, 3.05) is 23.7 Å². The summed E-state index contributed by atoms with van der Waals surface area (Å²) in [6.07, 6.45) is 2.45. The van der Waals surface area contributed by atoms with Gasteiger partial charge in [-0.2, -0.15) is 5.10 Å². The monoisotopic (exact) mass is 286 g/mol. The Morgan fingerprint density at radius 1 is 1.24 bits per heavy atom. The van der Waals surface area contributed by atoms with Crippen molar-refractivity contribution in [3.05, 3.63) is 52.4 Å². The minimum atomic E-state index is -0.0751. The molecule has 112 valence electrons. The second-order valence-corrected chi connectivity index (χ2v) is 4.90. The molecule has 1 aromatic heterocycles. The number of nitrogen functional groups attached to an aromatic ring is 1. The number of rotatable bonds is 6. The highest BCUT2D eigenvalue weighted by molar-refractivity contribution is 5.46. The van der Waals surface area contributed by atoms with Gasteiger partial charge in [-0.25, -0.2) is 4.68 Å². The fourth-order valence-electron chi connectivity index (χ4n) is 2.34. The molecule has 5 heteroatoms. The molecule has 2 rings (SSSR count). The largest absolute Gasteiger partial charge is 0.399 e. The van der Waals surface area contributed by atoms with E-state index in [2.05, 4.69) is 23.8 Å². The molecule has 21 heavy (non-hydrogen) atoms. The summed E-state index contributed by atoms with van der Waals surface area (Å²) < 4.78 is 1.49. The van der Waals surface area contributed by atoms with E-state index in [1.165, 1.54) is 4.68 Å². The normalized spacial score (nSPS) is 10.6. The van der Waals surface area contributed by atoms with Crippen LogP contribution in [0.15, 0.2) is 41.3 Å². The fourth-order valence-corrected chi connectivity index (χ4v) is 2.34. The molecule has 0 bridgehead atoms. The van der Waals surface area contributed by atoms with Crippen LogP contribution in [0, 0.1) is 0 Å². The van der Waals surface area contributed by atoms with Gasteiger partial charge in [0.05, 0.1) is 11.9 Å². The first kappa shape index (κ1) is 15.1. The van der Waals surface area contributed by atoms with Crippen molar-refractivity contribution in [3.63, 3.8) is 0 Å². The smallest absolute Gasteiger partial charge is 0.268 e. The predicted molar refractivity (Wildman–Crippen MR) is 86.6 cm³/mol. The van der Waals surface area contributed by atoms with E-state index >= 15 is 0 Å². The third-order valence-corrected chi connectivity index (χ3v) is 3.63. The predicted octanol–water partition coefficient (Wildman–Crippen LogP) is 1.91. The van der Waals surface area contributed by atoms with Gasteiger partial charge in [0.25, 0.3) is 5.56 Å². The molecule has 0 atom stereocenters. The van der Waals surface area contributed by atoms with Gasteiger partial charge in [-0.05, 0) is 31.9 Å². The maximum Gasteiger partial charge on any atom is 0.268 e. The Balaban J connectivity index is 2.12. The molecule has 0 saturated carbocycles. The highest BCUT2D eigenvalue weighted by Gasteiger charge is 2.06. The molecule has 5 nitrogen and oxygen atoms in total. The van der Waals surface area contributed by atoms with E-state index in [0.29, 0.717) is 13.0 Å². The Bertz CT molecular complexity index is 647. The van der Waals surface area contributed by atoms with Gasteiger partial charge in [0.1, 0.15) is 0 Å². The van der Waals surface area contributed by atoms with E-state index in [4.69, 9.17) is 5.73 Å². The standard InChI is InChI=1S/C16H22N4O/c1-3-19(4-2)14-11-16(21)20(18-12-14)10-9-13-7-5-6-8-15(13)17/h5-8,11-12H,3-4,9-10,17H2,1-2H3. The number of nitrogens with two attached hydrogens (primary N) is 1. The van der Waals surface area contributed by atoms with Crippen molar-refractivity contribution in [1.82, 2.24) is 9.78 Å². The summed E-state index contributed by atoms with van der Waals surface area (Å²) in [5, 5.41) is 4.26. The van der Waals surface area contributed by atoms with Crippen LogP contribution in [0.3, 0.4) is 0 Å². The lowest BCUT2D eigenvalue weighted by Crippen LogP contribution is -2.28. The summed E-state index contributed by atoms with van der Waals surface area (Å²) in [5.74, 6) is 0. The van der Waals surface area contributed by atoms with Crippen LogP contribution < -0.4 is 16.2 Å². The van der Waals surface area contributed by atoms with E-state index in [-0.39, 0.29) is 5.56 Å². The second-order valence-electron chi connectivity index (χ2n) is 4.90. The van der Waals surface area contributed by atoms with E-state index in [9.17, 15) is 4.79 Å². The molecule has 0 spiro atoms. The Hall–Kier alpha value is -2.30. The van der Waals surface area contributed by atoms with Gasteiger partial charge in [-0.3, -0.25) is 4.79 Å². The van der Waals surface area contributed by atoms with Gasteiger partial charge >= 0.3 is 0 Å². The maximum absolute atomic E-state index is 12.1. The van der Waals surface area contributed by atoms with Gasteiger partial charge in [-0.15, -0.1) is 0 Å². The molecule has 0 unspecified atom stereocenters. The number of anilines is 2. The topological polar surface area (TPSA) is 64.2 Å². The van der Waals surface area contributed by atoms with Crippen molar-refractivity contribution < 1.29 is 0 Å². The third kappa shape index (κ3) is 3.62. The Labute approximate surface area is 125 Å². The third-order valence-electron chi connectivity index (χ3n) is 3.63. The molecule has 0 aliphatic heterocycles.